The van der Waals surface area contributed by atoms with Crippen molar-refractivity contribution in [3.8, 4) is 23.0 Å². The van der Waals surface area contributed by atoms with Crippen molar-refractivity contribution in [3.05, 3.63) is 142 Å². The fourth-order valence-electron chi connectivity index (χ4n) is 7.32. The first kappa shape index (κ1) is 69.9. The number of carbonyl (C=O) groups is 2. The van der Waals surface area contributed by atoms with E-state index in [1.807, 2.05) is 0 Å². The van der Waals surface area contributed by atoms with E-state index in [4.69, 9.17) is 65.6 Å². The SMILES string of the molecule is C/C(=C\c1cc(F)c(Oc2ccc(SNCCOCCOCCOCCn3cc(COCc4cn(CCOCCOCCOCCNS(=O)(=O)c5ccc(Oc6c(F)cc(/C=C(\C)C(=O)N=C(N)N)cc6F)cc5)nn4)nn3)cc2)c(F)c1)C(=O)N=C(N)N. The van der Waals surface area contributed by atoms with Crippen molar-refractivity contribution >= 4 is 57.9 Å². The van der Waals surface area contributed by atoms with E-state index < -0.39 is 68.5 Å². The number of ether oxygens (including phenoxy) is 9. The molecule has 0 radical (unpaired) electrons. The Morgan fingerprint density at radius 2 is 0.933 bits per heavy atom. The molecule has 0 spiro atoms. The van der Waals surface area contributed by atoms with Crippen molar-refractivity contribution in [3.63, 3.8) is 0 Å². The van der Waals surface area contributed by atoms with E-state index in [0.29, 0.717) is 90.5 Å². The van der Waals surface area contributed by atoms with Crippen LogP contribution in [-0.2, 0) is 79.1 Å². The number of nitrogens with one attached hydrogen (secondary N) is 2. The smallest absolute Gasteiger partial charge is 0.275 e. The van der Waals surface area contributed by atoms with Gasteiger partial charge in [-0.05, 0) is 122 Å². The number of halogens is 4. The van der Waals surface area contributed by atoms with E-state index in [1.165, 1.54) is 62.2 Å². The molecule has 2 amide bonds. The molecule has 0 bridgehead atoms. The lowest BCUT2D eigenvalue weighted by Gasteiger charge is -2.11. The van der Waals surface area contributed by atoms with Crippen LogP contribution in [-0.4, -0.2) is 155 Å². The zero-order valence-electron chi connectivity index (χ0n) is 48.5. The van der Waals surface area contributed by atoms with Crippen LogP contribution in [0.5, 0.6) is 23.0 Å². The third-order valence-electron chi connectivity index (χ3n) is 11.5. The predicted molar refractivity (Wildman–Crippen MR) is 317 cm³/mol. The lowest BCUT2D eigenvalue weighted by molar-refractivity contribution is -0.115. The second kappa shape index (κ2) is 36.9. The van der Waals surface area contributed by atoms with Crippen LogP contribution >= 0.6 is 11.9 Å². The number of amides is 2. The van der Waals surface area contributed by atoms with E-state index in [9.17, 15) is 35.6 Å². The average molecular weight is 1290 g/mol. The quantitative estimate of drug-likeness (QED) is 0.00769. The summed E-state index contributed by atoms with van der Waals surface area (Å²) in [6.07, 6.45) is 5.98. The molecular weight excluding hydrogens is 1220 g/mol. The largest absolute Gasteiger partial charge is 0.451 e. The van der Waals surface area contributed by atoms with Crippen molar-refractivity contribution in [2.75, 3.05) is 92.4 Å². The molecule has 4 aromatic carbocycles. The number of rotatable bonds is 40. The molecule has 480 valence electrons. The van der Waals surface area contributed by atoms with E-state index in [0.717, 1.165) is 29.2 Å². The van der Waals surface area contributed by atoms with Crippen LogP contribution in [0.15, 0.2) is 116 Å². The summed E-state index contributed by atoms with van der Waals surface area (Å²) in [5, 5.41) is 16.5. The van der Waals surface area contributed by atoms with E-state index >= 15 is 0 Å². The summed E-state index contributed by atoms with van der Waals surface area (Å²) in [5.74, 6) is -7.56. The summed E-state index contributed by atoms with van der Waals surface area (Å²) in [6.45, 7) is 8.63. The molecule has 0 fully saturated rings. The monoisotopic (exact) mass is 1280 g/mol. The fourth-order valence-corrected chi connectivity index (χ4v) is 8.96. The highest BCUT2D eigenvalue weighted by Crippen LogP contribution is 2.32. The third kappa shape index (κ3) is 25.4. The van der Waals surface area contributed by atoms with Crippen LogP contribution in [0.1, 0.15) is 36.4 Å². The van der Waals surface area contributed by atoms with Crippen molar-refractivity contribution in [1.82, 2.24) is 39.4 Å². The van der Waals surface area contributed by atoms with Crippen molar-refractivity contribution < 1.29 is 78.2 Å². The normalized spacial score (nSPS) is 11.9. The maximum Gasteiger partial charge on any atom is 0.275 e. The maximum absolute atomic E-state index is 14.8. The number of hydrogen-bond donors (Lipinski definition) is 6. The number of guanidine groups is 2. The van der Waals surface area contributed by atoms with Gasteiger partial charge in [0.1, 0.15) is 22.9 Å². The van der Waals surface area contributed by atoms with Crippen LogP contribution < -0.4 is 41.9 Å². The highest BCUT2D eigenvalue weighted by atomic mass is 32.2. The molecular formula is C56H68F4N14O13S2. The minimum Gasteiger partial charge on any atom is -0.451 e. The first-order valence-corrected chi connectivity index (χ1v) is 29.5. The number of aliphatic imine (C=N–C) groups is 2. The highest BCUT2D eigenvalue weighted by Gasteiger charge is 2.19. The molecule has 0 aliphatic heterocycles. The predicted octanol–water partition coefficient (Wildman–Crippen LogP) is 4.51. The van der Waals surface area contributed by atoms with Gasteiger partial charge in [-0.2, -0.15) is 9.98 Å². The molecule has 27 nitrogen and oxygen atoms in total. The van der Waals surface area contributed by atoms with Gasteiger partial charge >= 0.3 is 0 Å². The van der Waals surface area contributed by atoms with Gasteiger partial charge in [0.25, 0.3) is 11.8 Å². The summed E-state index contributed by atoms with van der Waals surface area (Å²) >= 11 is 1.35. The van der Waals surface area contributed by atoms with Gasteiger partial charge in [0.2, 0.25) is 10.0 Å². The number of nitrogens with zero attached hydrogens (tertiary/aromatic N) is 8. The van der Waals surface area contributed by atoms with Crippen molar-refractivity contribution in [1.29, 1.82) is 0 Å². The van der Waals surface area contributed by atoms with Gasteiger partial charge in [0.15, 0.2) is 46.7 Å². The number of aromatic nitrogens is 6. The molecule has 0 atom stereocenters. The molecule has 2 aromatic heterocycles. The van der Waals surface area contributed by atoms with Gasteiger partial charge in [-0.1, -0.05) is 10.4 Å². The minimum atomic E-state index is -3.94. The summed E-state index contributed by atoms with van der Waals surface area (Å²) < 4.78 is 144. The molecule has 2 heterocycles. The molecule has 6 aromatic rings. The molecule has 33 heteroatoms. The second-order valence-electron chi connectivity index (χ2n) is 18.6. The van der Waals surface area contributed by atoms with E-state index in [1.54, 1.807) is 46.0 Å². The van der Waals surface area contributed by atoms with Crippen molar-refractivity contribution in [2.45, 2.75) is 49.9 Å². The summed E-state index contributed by atoms with van der Waals surface area (Å²) in [4.78, 5) is 31.3. The van der Waals surface area contributed by atoms with E-state index in [2.05, 4.69) is 40.1 Å². The van der Waals surface area contributed by atoms with Gasteiger partial charge in [-0.3, -0.25) is 14.3 Å². The molecule has 0 aliphatic carbocycles. The number of carbonyl (C=O) groups excluding carboxylic acids is 2. The zero-order chi connectivity index (χ0) is 64.0. The number of benzene rings is 4. The molecule has 0 unspecified atom stereocenters. The zero-order valence-corrected chi connectivity index (χ0v) is 50.1. The third-order valence-corrected chi connectivity index (χ3v) is 13.8. The van der Waals surface area contributed by atoms with E-state index in [-0.39, 0.29) is 78.2 Å². The Balaban J connectivity index is 0.704. The minimum absolute atomic E-state index is 0.0175. The van der Waals surface area contributed by atoms with Crippen LogP contribution in [0.25, 0.3) is 12.2 Å². The summed E-state index contributed by atoms with van der Waals surface area (Å²) in [6, 6.07) is 15.5. The molecule has 89 heavy (non-hydrogen) atoms. The topological polar surface area (TPSA) is 366 Å². The molecule has 0 saturated heterocycles. The number of hydrogen-bond acceptors (Lipinski definition) is 19. The van der Waals surface area contributed by atoms with Gasteiger partial charge in [0, 0.05) is 29.1 Å². The van der Waals surface area contributed by atoms with Gasteiger partial charge in [-0.25, -0.2) is 40.1 Å². The Labute approximate surface area is 513 Å². The Kier molecular flexibility index (Phi) is 29.0. The van der Waals surface area contributed by atoms with Gasteiger partial charge < -0.3 is 65.6 Å². The Morgan fingerprint density at radius 3 is 1.35 bits per heavy atom. The van der Waals surface area contributed by atoms with Crippen LogP contribution in [0.4, 0.5) is 17.6 Å². The standard InChI is InChI=1S/C56H68F4N14O13S2/c1-37(53(75)67-55(61)62)27-39-29-47(57)51(48(58)30-39)86-43-3-7-45(8-4-43)88-65-11-15-79-19-23-83-25-21-81-17-13-73-33-41(69-71-73)35-85-36-42-34-74(72-70-42)14-18-82-22-26-84-24-20-80-16-12-66-89(77,78)46-9-5-44(6-10-46)87-52-49(59)31-40(32-50(52)60)28-38(2)54(76)68-56(63)64/h3-10,27-34,65-66H,11-26,35-36H2,1-2H3,(H4,61,62,67,75)(H4,63,64,68,76)/b37-27+,38-28+. The first-order chi connectivity index (χ1) is 42.8. The van der Waals surface area contributed by atoms with Crippen molar-refractivity contribution in [2.24, 2.45) is 32.9 Å². The second-order valence-corrected chi connectivity index (χ2v) is 21.4. The van der Waals surface area contributed by atoms with Gasteiger partial charge in [-0.15, -0.1) is 10.2 Å². The molecule has 0 aliphatic rings. The molecule has 0 saturated carbocycles. The van der Waals surface area contributed by atoms with Crippen LogP contribution in [0.3, 0.4) is 0 Å². The lowest BCUT2D eigenvalue weighted by Crippen LogP contribution is -2.27. The van der Waals surface area contributed by atoms with Crippen LogP contribution in [0, 0.1) is 23.3 Å². The maximum atomic E-state index is 14.8. The lowest BCUT2D eigenvalue weighted by atomic mass is 10.1. The number of nitrogens with two attached hydrogens (primary N) is 4. The number of sulfonamides is 1. The summed E-state index contributed by atoms with van der Waals surface area (Å²) in [5.41, 5.74) is 22.3. The van der Waals surface area contributed by atoms with Crippen LogP contribution in [0.2, 0.25) is 0 Å². The first-order valence-electron chi connectivity index (χ1n) is 27.2. The Hall–Kier alpha value is -8.22. The average Bonchev–Trinajstić information content (AvgIpc) is 4.22. The fraction of sp³-hybridized carbons (Fsp3) is 0.357. The van der Waals surface area contributed by atoms with Gasteiger partial charge in [0.05, 0.1) is 123 Å². The highest BCUT2D eigenvalue weighted by molar-refractivity contribution is 7.97. The Bertz CT molecular complexity index is 3430. The Morgan fingerprint density at radius 1 is 0.551 bits per heavy atom. The summed E-state index contributed by atoms with van der Waals surface area (Å²) in [7, 11) is -3.94. The molecule has 6 rings (SSSR count). The molecule has 10 N–H and O–H groups in total.